The molecule has 2 rings (SSSR count). The molecule has 0 atom stereocenters. The Labute approximate surface area is 104 Å². The summed E-state index contributed by atoms with van der Waals surface area (Å²) >= 11 is 0. The van der Waals surface area contributed by atoms with Crippen molar-refractivity contribution in [2.75, 3.05) is 7.11 Å². The van der Waals surface area contributed by atoms with E-state index in [9.17, 15) is 4.79 Å². The van der Waals surface area contributed by atoms with Gasteiger partial charge in [0.05, 0.1) is 12.7 Å². The highest BCUT2D eigenvalue weighted by molar-refractivity contribution is 5.96. The van der Waals surface area contributed by atoms with Crippen LogP contribution < -0.4 is 0 Å². The number of carbonyl (C=O) groups is 1. The van der Waals surface area contributed by atoms with Crippen molar-refractivity contribution < 1.29 is 9.53 Å². The van der Waals surface area contributed by atoms with Crippen molar-refractivity contribution in [3.8, 4) is 11.4 Å². The Morgan fingerprint density at radius 1 is 1.11 bits per heavy atom. The number of esters is 1. The van der Waals surface area contributed by atoms with Crippen molar-refractivity contribution in [3.05, 3.63) is 35.2 Å². The van der Waals surface area contributed by atoms with E-state index in [1.54, 1.807) is 19.1 Å². The summed E-state index contributed by atoms with van der Waals surface area (Å²) in [6.45, 7) is 3.61. The lowest BCUT2D eigenvalue weighted by Crippen LogP contribution is -2.07. The zero-order valence-electron chi connectivity index (χ0n) is 10.3. The number of rotatable bonds is 2. The molecule has 0 fully saturated rings. The maximum atomic E-state index is 11.7. The molecule has 0 saturated heterocycles. The second-order valence-electron chi connectivity index (χ2n) is 3.81. The van der Waals surface area contributed by atoms with E-state index >= 15 is 0 Å². The van der Waals surface area contributed by atoms with Crippen LogP contribution in [0.5, 0.6) is 0 Å². The van der Waals surface area contributed by atoms with E-state index in [0.29, 0.717) is 22.8 Å². The lowest BCUT2D eigenvalue weighted by atomic mass is 10.0. The van der Waals surface area contributed by atoms with E-state index in [1.165, 1.54) is 7.11 Å². The van der Waals surface area contributed by atoms with Gasteiger partial charge in [0, 0.05) is 5.56 Å². The molecule has 92 valence electrons. The number of hydrogen-bond acceptors (Lipinski definition) is 6. The summed E-state index contributed by atoms with van der Waals surface area (Å²) in [5, 5.41) is 15.5. The topological polar surface area (TPSA) is 77.9 Å². The molecule has 1 aromatic heterocycles. The van der Waals surface area contributed by atoms with Crippen molar-refractivity contribution >= 4 is 5.97 Å². The van der Waals surface area contributed by atoms with Gasteiger partial charge in [0.25, 0.3) is 0 Å². The molecule has 1 aromatic carbocycles. The number of carbonyl (C=O) groups excluding carboxylic acids is 1. The van der Waals surface area contributed by atoms with E-state index in [1.807, 2.05) is 13.0 Å². The molecule has 18 heavy (non-hydrogen) atoms. The molecule has 0 amide bonds. The molecule has 0 radical (unpaired) electrons. The van der Waals surface area contributed by atoms with Gasteiger partial charge in [-0.1, -0.05) is 11.6 Å². The molecule has 0 aliphatic carbocycles. The van der Waals surface area contributed by atoms with Gasteiger partial charge in [0.1, 0.15) is 0 Å². The first-order valence-corrected chi connectivity index (χ1v) is 5.35. The van der Waals surface area contributed by atoms with Gasteiger partial charge in [-0.3, -0.25) is 0 Å². The number of ether oxygens (including phenoxy) is 1. The lowest BCUT2D eigenvalue weighted by molar-refractivity contribution is 0.0601. The molecular formula is C12H12N4O2. The molecular weight excluding hydrogens is 232 g/mol. The number of hydrogen-bond donors (Lipinski definition) is 0. The highest BCUT2D eigenvalue weighted by atomic mass is 16.5. The SMILES string of the molecule is COC(=O)c1ccc(C)cc1-c1nnc(C)nn1. The Hall–Kier alpha value is -2.37. The molecule has 6 heteroatoms. The summed E-state index contributed by atoms with van der Waals surface area (Å²) < 4.78 is 4.73. The molecule has 0 saturated carbocycles. The van der Waals surface area contributed by atoms with Gasteiger partial charge in [-0.25, -0.2) is 4.79 Å². The third-order valence-corrected chi connectivity index (χ3v) is 2.40. The molecule has 2 aromatic rings. The average Bonchev–Trinajstić information content (AvgIpc) is 2.38. The number of nitrogens with zero attached hydrogens (tertiary/aromatic N) is 4. The normalized spacial score (nSPS) is 10.2. The van der Waals surface area contributed by atoms with Crippen molar-refractivity contribution in [3.63, 3.8) is 0 Å². The summed E-state index contributed by atoms with van der Waals surface area (Å²) in [5.74, 6) is 0.352. The Bertz CT molecular complexity index is 581. The minimum atomic E-state index is -0.436. The Balaban J connectivity index is 2.57. The van der Waals surface area contributed by atoms with Crippen LogP contribution in [0.25, 0.3) is 11.4 Å². The minimum absolute atomic E-state index is 0.310. The largest absolute Gasteiger partial charge is 0.465 e. The maximum Gasteiger partial charge on any atom is 0.338 e. The van der Waals surface area contributed by atoms with Crippen molar-refractivity contribution in [2.45, 2.75) is 13.8 Å². The van der Waals surface area contributed by atoms with Crippen LogP contribution >= 0.6 is 0 Å². The first-order chi connectivity index (χ1) is 8.61. The molecule has 0 N–H and O–H groups in total. The third kappa shape index (κ3) is 2.32. The molecule has 0 aliphatic heterocycles. The molecule has 0 unspecified atom stereocenters. The standard InChI is InChI=1S/C12H12N4O2/c1-7-4-5-9(12(17)18-3)10(6-7)11-15-13-8(2)14-16-11/h4-6H,1-3H3. The molecule has 0 bridgehead atoms. The quantitative estimate of drug-likeness (QED) is 0.742. The van der Waals surface area contributed by atoms with Crippen LogP contribution in [-0.4, -0.2) is 33.5 Å². The first kappa shape index (κ1) is 12.1. The zero-order chi connectivity index (χ0) is 13.1. The number of methoxy groups -OCH3 is 1. The highest BCUT2D eigenvalue weighted by Gasteiger charge is 2.16. The fraction of sp³-hybridized carbons (Fsp3) is 0.250. The van der Waals surface area contributed by atoms with Crippen molar-refractivity contribution in [1.29, 1.82) is 0 Å². The Kier molecular flexibility index (Phi) is 3.27. The summed E-state index contributed by atoms with van der Waals surface area (Å²) in [4.78, 5) is 11.7. The summed E-state index contributed by atoms with van der Waals surface area (Å²) in [5.41, 5.74) is 1.96. The predicted molar refractivity (Wildman–Crippen MR) is 63.9 cm³/mol. The average molecular weight is 244 g/mol. The first-order valence-electron chi connectivity index (χ1n) is 5.35. The number of aromatic nitrogens is 4. The summed E-state index contributed by atoms with van der Waals surface area (Å²) in [6.07, 6.45) is 0. The van der Waals surface area contributed by atoms with Crippen LogP contribution in [0.1, 0.15) is 21.7 Å². The van der Waals surface area contributed by atoms with Crippen LogP contribution in [0, 0.1) is 13.8 Å². The van der Waals surface area contributed by atoms with Crippen LogP contribution in [0.2, 0.25) is 0 Å². The van der Waals surface area contributed by atoms with E-state index in [0.717, 1.165) is 5.56 Å². The van der Waals surface area contributed by atoms with Gasteiger partial charge in [0.2, 0.25) is 5.82 Å². The summed E-state index contributed by atoms with van der Waals surface area (Å²) in [7, 11) is 1.33. The Morgan fingerprint density at radius 3 is 2.39 bits per heavy atom. The minimum Gasteiger partial charge on any atom is -0.465 e. The molecule has 1 heterocycles. The number of benzene rings is 1. The van der Waals surface area contributed by atoms with E-state index in [-0.39, 0.29) is 0 Å². The zero-order valence-corrected chi connectivity index (χ0v) is 10.3. The fourth-order valence-corrected chi connectivity index (χ4v) is 1.52. The van der Waals surface area contributed by atoms with Crippen LogP contribution in [0.4, 0.5) is 0 Å². The van der Waals surface area contributed by atoms with Crippen LogP contribution in [0.15, 0.2) is 18.2 Å². The van der Waals surface area contributed by atoms with Gasteiger partial charge in [-0.15, -0.1) is 20.4 Å². The van der Waals surface area contributed by atoms with Gasteiger partial charge in [-0.05, 0) is 26.0 Å². The van der Waals surface area contributed by atoms with Crippen molar-refractivity contribution in [1.82, 2.24) is 20.4 Å². The highest BCUT2D eigenvalue weighted by Crippen LogP contribution is 2.21. The van der Waals surface area contributed by atoms with Gasteiger partial charge >= 0.3 is 5.97 Å². The molecule has 0 aliphatic rings. The van der Waals surface area contributed by atoms with Crippen LogP contribution in [0.3, 0.4) is 0 Å². The van der Waals surface area contributed by atoms with Gasteiger partial charge in [-0.2, -0.15) is 0 Å². The Morgan fingerprint density at radius 2 is 1.78 bits per heavy atom. The molecule has 6 nitrogen and oxygen atoms in total. The monoisotopic (exact) mass is 244 g/mol. The van der Waals surface area contributed by atoms with Gasteiger partial charge in [0.15, 0.2) is 5.82 Å². The van der Waals surface area contributed by atoms with Gasteiger partial charge < -0.3 is 4.74 Å². The van der Waals surface area contributed by atoms with E-state index < -0.39 is 5.97 Å². The second kappa shape index (κ2) is 4.87. The molecule has 0 spiro atoms. The van der Waals surface area contributed by atoms with Crippen LogP contribution in [-0.2, 0) is 4.74 Å². The van der Waals surface area contributed by atoms with E-state index in [4.69, 9.17) is 4.74 Å². The fourth-order valence-electron chi connectivity index (χ4n) is 1.52. The number of aryl methyl sites for hydroxylation is 2. The third-order valence-electron chi connectivity index (χ3n) is 2.40. The lowest BCUT2D eigenvalue weighted by Gasteiger charge is -2.06. The van der Waals surface area contributed by atoms with E-state index in [2.05, 4.69) is 20.4 Å². The predicted octanol–water partition coefficient (Wildman–Crippen LogP) is 1.34. The summed E-state index contributed by atoms with van der Waals surface area (Å²) in [6, 6.07) is 5.31. The maximum absolute atomic E-state index is 11.7. The second-order valence-corrected chi connectivity index (χ2v) is 3.81. The smallest absolute Gasteiger partial charge is 0.338 e. The van der Waals surface area contributed by atoms with Crippen molar-refractivity contribution in [2.24, 2.45) is 0 Å².